The molecule has 0 aliphatic carbocycles. The molecule has 0 aliphatic heterocycles. The molecule has 3 aromatic carbocycles. The number of rotatable bonds is 8. The predicted molar refractivity (Wildman–Crippen MR) is 120 cm³/mol. The lowest BCUT2D eigenvalue weighted by molar-refractivity contribution is -0.116. The number of hydrogen-bond donors (Lipinski definition) is 1. The topological polar surface area (TPSA) is 102 Å². The van der Waals surface area contributed by atoms with Gasteiger partial charge in [-0.05, 0) is 60.7 Å². The highest BCUT2D eigenvalue weighted by atomic mass is 16.5. The molecule has 1 amide bonds. The van der Waals surface area contributed by atoms with Crippen LogP contribution in [-0.2, 0) is 11.2 Å². The Morgan fingerprint density at radius 1 is 0.938 bits per heavy atom. The highest BCUT2D eigenvalue weighted by molar-refractivity contribution is 5.90. The summed E-state index contributed by atoms with van der Waals surface area (Å²) in [5.41, 5.74) is 2.97. The Balaban J connectivity index is 1.27. The van der Waals surface area contributed by atoms with Crippen molar-refractivity contribution in [3.8, 4) is 17.1 Å². The molecule has 0 saturated heterocycles. The molecule has 4 aromatic rings. The minimum Gasteiger partial charge on any atom is -0.497 e. The second-order valence-electron chi connectivity index (χ2n) is 6.87. The normalized spacial score (nSPS) is 10.9. The Labute approximate surface area is 185 Å². The van der Waals surface area contributed by atoms with Gasteiger partial charge < -0.3 is 14.6 Å². The first-order valence-electron chi connectivity index (χ1n) is 10.0. The van der Waals surface area contributed by atoms with Gasteiger partial charge >= 0.3 is 0 Å². The van der Waals surface area contributed by atoms with E-state index >= 15 is 0 Å². The Bertz CT molecular complexity index is 1190. The number of nitrogens with one attached hydrogen (secondary N) is 1. The summed E-state index contributed by atoms with van der Waals surface area (Å²) in [7, 11) is 1.61. The number of benzene rings is 3. The monoisotopic (exact) mass is 427 g/mol. The largest absolute Gasteiger partial charge is 0.497 e. The molecule has 0 aliphatic rings. The number of carbonyl (C=O) groups is 1. The van der Waals surface area contributed by atoms with Crippen LogP contribution in [0.25, 0.3) is 11.4 Å². The molecule has 0 spiro atoms. The van der Waals surface area contributed by atoms with Crippen LogP contribution in [0.3, 0.4) is 0 Å². The second-order valence-corrected chi connectivity index (χ2v) is 6.87. The lowest BCUT2D eigenvalue weighted by atomic mass is 10.2. The number of amides is 1. The fourth-order valence-electron chi connectivity index (χ4n) is 2.88. The summed E-state index contributed by atoms with van der Waals surface area (Å²) >= 11 is 0. The van der Waals surface area contributed by atoms with Gasteiger partial charge in [0.15, 0.2) is 0 Å². The number of ether oxygens (including phenoxy) is 1. The van der Waals surface area contributed by atoms with Gasteiger partial charge in [-0.2, -0.15) is 15.2 Å². The molecule has 1 aromatic heterocycles. The molecule has 1 N–H and O–H groups in total. The van der Waals surface area contributed by atoms with Gasteiger partial charge in [0.05, 0.1) is 18.5 Å². The Hall–Kier alpha value is -4.33. The number of nitrogens with zero attached hydrogens (tertiary/aromatic N) is 4. The fourth-order valence-corrected chi connectivity index (χ4v) is 2.88. The van der Waals surface area contributed by atoms with Crippen LogP contribution in [0.4, 0.5) is 17.1 Å². The van der Waals surface area contributed by atoms with Crippen molar-refractivity contribution in [1.82, 2.24) is 10.1 Å². The van der Waals surface area contributed by atoms with Gasteiger partial charge in [0.25, 0.3) is 0 Å². The van der Waals surface area contributed by atoms with Crippen LogP contribution in [0.5, 0.6) is 5.75 Å². The average molecular weight is 427 g/mol. The van der Waals surface area contributed by atoms with E-state index in [2.05, 4.69) is 25.7 Å². The molecule has 160 valence electrons. The maximum Gasteiger partial charge on any atom is 0.227 e. The molecule has 0 atom stereocenters. The van der Waals surface area contributed by atoms with Crippen molar-refractivity contribution < 1.29 is 14.1 Å². The molecule has 0 saturated carbocycles. The molecule has 0 radical (unpaired) electrons. The molecule has 8 heteroatoms. The van der Waals surface area contributed by atoms with Gasteiger partial charge in [-0.25, -0.2) is 0 Å². The molecular formula is C24H21N5O3. The van der Waals surface area contributed by atoms with Crippen LogP contribution in [0.2, 0.25) is 0 Å². The highest BCUT2D eigenvalue weighted by Gasteiger charge is 2.11. The highest BCUT2D eigenvalue weighted by Crippen LogP contribution is 2.21. The number of aromatic nitrogens is 2. The van der Waals surface area contributed by atoms with E-state index < -0.39 is 0 Å². The number of carbonyl (C=O) groups excluding carboxylic acids is 1. The van der Waals surface area contributed by atoms with Crippen molar-refractivity contribution in [2.75, 3.05) is 12.4 Å². The maximum atomic E-state index is 12.3. The smallest absolute Gasteiger partial charge is 0.227 e. The third kappa shape index (κ3) is 5.63. The summed E-state index contributed by atoms with van der Waals surface area (Å²) in [6.45, 7) is 0. The minimum absolute atomic E-state index is 0.146. The summed E-state index contributed by atoms with van der Waals surface area (Å²) in [5, 5.41) is 15.2. The lowest BCUT2D eigenvalue weighted by Crippen LogP contribution is -2.12. The van der Waals surface area contributed by atoms with Crippen LogP contribution >= 0.6 is 0 Å². The van der Waals surface area contributed by atoms with Crippen molar-refractivity contribution >= 4 is 23.0 Å². The summed E-state index contributed by atoms with van der Waals surface area (Å²) in [4.78, 5) is 16.6. The van der Waals surface area contributed by atoms with Gasteiger partial charge in [0.1, 0.15) is 5.75 Å². The van der Waals surface area contributed by atoms with Crippen LogP contribution in [0.1, 0.15) is 12.3 Å². The second kappa shape index (κ2) is 10.1. The Morgan fingerprint density at radius 2 is 1.62 bits per heavy atom. The van der Waals surface area contributed by atoms with E-state index in [1.54, 1.807) is 31.4 Å². The molecule has 0 fully saturated rings. The molecule has 4 rings (SSSR count). The van der Waals surface area contributed by atoms with Crippen LogP contribution in [0, 0.1) is 0 Å². The average Bonchev–Trinajstić information content (AvgIpc) is 3.32. The number of aryl methyl sites for hydroxylation is 1. The molecule has 32 heavy (non-hydrogen) atoms. The van der Waals surface area contributed by atoms with Crippen molar-refractivity contribution in [3.63, 3.8) is 0 Å². The SMILES string of the molecule is COc1ccc(-c2noc(CCC(=O)Nc3ccc(N=Nc4ccccc4)cc3)n2)cc1. The van der Waals surface area contributed by atoms with E-state index in [9.17, 15) is 4.79 Å². The maximum absolute atomic E-state index is 12.3. The van der Waals surface area contributed by atoms with E-state index in [1.807, 2.05) is 54.6 Å². The van der Waals surface area contributed by atoms with E-state index in [0.29, 0.717) is 29.5 Å². The molecule has 8 nitrogen and oxygen atoms in total. The van der Waals surface area contributed by atoms with Crippen molar-refractivity contribution in [2.24, 2.45) is 10.2 Å². The zero-order valence-electron chi connectivity index (χ0n) is 17.4. The standard InChI is InChI=1S/C24H21N5O3/c1-31-21-13-7-17(8-14-21)24-26-23(32-29-24)16-15-22(30)25-18-9-11-20(12-10-18)28-27-19-5-3-2-4-6-19/h2-14H,15-16H2,1H3,(H,25,30). The lowest BCUT2D eigenvalue weighted by Gasteiger charge is -2.04. The first-order valence-corrected chi connectivity index (χ1v) is 10.0. The van der Waals surface area contributed by atoms with Gasteiger partial charge in [0, 0.05) is 24.1 Å². The third-order valence-electron chi connectivity index (χ3n) is 4.57. The van der Waals surface area contributed by atoms with Crippen LogP contribution < -0.4 is 10.1 Å². The summed E-state index contributed by atoms with van der Waals surface area (Å²) in [6.07, 6.45) is 0.568. The summed E-state index contributed by atoms with van der Waals surface area (Å²) < 4.78 is 10.4. The molecule has 0 bridgehead atoms. The van der Waals surface area contributed by atoms with Crippen molar-refractivity contribution in [1.29, 1.82) is 0 Å². The predicted octanol–water partition coefficient (Wildman–Crippen LogP) is 5.73. The van der Waals surface area contributed by atoms with E-state index in [0.717, 1.165) is 17.0 Å². The fraction of sp³-hybridized carbons (Fsp3) is 0.125. The molecule has 0 unspecified atom stereocenters. The van der Waals surface area contributed by atoms with E-state index in [1.165, 1.54) is 0 Å². The molecule has 1 heterocycles. The van der Waals surface area contributed by atoms with Gasteiger partial charge in [-0.1, -0.05) is 23.4 Å². The van der Waals surface area contributed by atoms with Crippen molar-refractivity contribution in [2.45, 2.75) is 12.8 Å². The van der Waals surface area contributed by atoms with Crippen molar-refractivity contribution in [3.05, 3.63) is 84.8 Å². The van der Waals surface area contributed by atoms with Gasteiger partial charge in [-0.15, -0.1) is 0 Å². The number of azo groups is 1. The zero-order chi connectivity index (χ0) is 22.2. The number of hydrogen-bond acceptors (Lipinski definition) is 7. The number of methoxy groups -OCH3 is 1. The zero-order valence-corrected chi connectivity index (χ0v) is 17.4. The van der Waals surface area contributed by atoms with Crippen LogP contribution in [0.15, 0.2) is 93.6 Å². The first kappa shape index (κ1) is 20.9. The number of anilines is 1. The van der Waals surface area contributed by atoms with Gasteiger partial charge in [-0.3, -0.25) is 4.79 Å². The summed E-state index contributed by atoms with van der Waals surface area (Å²) in [6, 6.07) is 24.0. The Kier molecular flexibility index (Phi) is 6.62. The van der Waals surface area contributed by atoms with Crippen LogP contribution in [-0.4, -0.2) is 23.2 Å². The quantitative estimate of drug-likeness (QED) is 0.362. The van der Waals surface area contributed by atoms with E-state index in [4.69, 9.17) is 9.26 Å². The van der Waals surface area contributed by atoms with E-state index in [-0.39, 0.29) is 12.3 Å². The summed E-state index contributed by atoms with van der Waals surface area (Å²) in [5.74, 6) is 1.49. The molecular weight excluding hydrogens is 406 g/mol. The minimum atomic E-state index is -0.146. The third-order valence-corrected chi connectivity index (χ3v) is 4.57. The van der Waals surface area contributed by atoms with Gasteiger partial charge in [0.2, 0.25) is 17.6 Å². The first-order chi connectivity index (χ1) is 15.7. The Morgan fingerprint density at radius 3 is 2.31 bits per heavy atom.